The first-order valence-corrected chi connectivity index (χ1v) is 8.25. The molecule has 0 bridgehead atoms. The van der Waals surface area contributed by atoms with Gasteiger partial charge in [0.1, 0.15) is 11.5 Å². The Morgan fingerprint density at radius 3 is 2.76 bits per heavy atom. The van der Waals surface area contributed by atoms with E-state index in [0.29, 0.717) is 6.54 Å². The Kier molecular flexibility index (Phi) is 4.92. The van der Waals surface area contributed by atoms with Gasteiger partial charge in [-0.25, -0.2) is 0 Å². The van der Waals surface area contributed by atoms with Crippen molar-refractivity contribution in [1.29, 1.82) is 0 Å². The van der Waals surface area contributed by atoms with E-state index in [1.165, 1.54) is 6.92 Å². The van der Waals surface area contributed by atoms with Crippen molar-refractivity contribution in [2.75, 3.05) is 7.05 Å². The average Bonchev–Trinajstić information content (AvgIpc) is 3.19. The quantitative estimate of drug-likeness (QED) is 0.834. The normalized spacial score (nSPS) is 13.4. The van der Waals surface area contributed by atoms with Gasteiger partial charge in [0.2, 0.25) is 5.91 Å². The highest BCUT2D eigenvalue weighted by Gasteiger charge is 2.22. The van der Waals surface area contributed by atoms with Crippen molar-refractivity contribution in [3.8, 4) is 0 Å². The number of benzene rings is 1. The third kappa shape index (κ3) is 3.93. The standard InChI is InChI=1S/C18H21N5O2/c1-13(24)19-15(11-14-7-4-3-5-8-14)18(25)22(2)12-17-21-20-16-9-6-10-23(16)17/h3-5,7-8,11H,6,9-10,12H2,1-2H3,(H,19,24)/b15-11-. The average molecular weight is 339 g/mol. The molecule has 1 aromatic carbocycles. The van der Waals surface area contributed by atoms with E-state index in [0.717, 1.165) is 36.6 Å². The molecule has 1 N–H and O–H groups in total. The van der Waals surface area contributed by atoms with Crippen molar-refractivity contribution in [1.82, 2.24) is 25.0 Å². The van der Waals surface area contributed by atoms with Gasteiger partial charge in [-0.1, -0.05) is 30.3 Å². The summed E-state index contributed by atoms with van der Waals surface area (Å²) in [5.74, 6) is 1.18. The number of nitrogens with zero attached hydrogens (tertiary/aromatic N) is 4. The Bertz CT molecular complexity index is 810. The first kappa shape index (κ1) is 16.9. The molecule has 2 aromatic rings. The maximum atomic E-state index is 12.8. The van der Waals surface area contributed by atoms with Gasteiger partial charge < -0.3 is 14.8 Å². The minimum Gasteiger partial charge on any atom is -0.333 e. The van der Waals surface area contributed by atoms with E-state index in [-0.39, 0.29) is 17.5 Å². The molecule has 2 amide bonds. The zero-order valence-corrected chi connectivity index (χ0v) is 14.4. The van der Waals surface area contributed by atoms with Crippen LogP contribution in [0.2, 0.25) is 0 Å². The summed E-state index contributed by atoms with van der Waals surface area (Å²) in [6, 6.07) is 9.41. The molecule has 0 saturated carbocycles. The van der Waals surface area contributed by atoms with Crippen molar-refractivity contribution in [3.05, 3.63) is 53.2 Å². The van der Waals surface area contributed by atoms with Gasteiger partial charge in [-0.15, -0.1) is 10.2 Å². The number of hydrogen-bond donors (Lipinski definition) is 1. The highest BCUT2D eigenvalue weighted by atomic mass is 16.2. The molecule has 1 aromatic heterocycles. The molecule has 2 heterocycles. The molecular formula is C18H21N5O2. The van der Waals surface area contributed by atoms with Gasteiger partial charge in [0, 0.05) is 26.9 Å². The third-order valence-corrected chi connectivity index (χ3v) is 4.06. The first-order valence-electron chi connectivity index (χ1n) is 8.25. The van der Waals surface area contributed by atoms with Crippen LogP contribution in [0.5, 0.6) is 0 Å². The minimum absolute atomic E-state index is 0.238. The number of carbonyl (C=O) groups excluding carboxylic acids is 2. The summed E-state index contributed by atoms with van der Waals surface area (Å²) in [6.07, 6.45) is 3.66. The Morgan fingerprint density at radius 1 is 1.28 bits per heavy atom. The van der Waals surface area contributed by atoms with Crippen LogP contribution in [0.25, 0.3) is 6.08 Å². The molecule has 7 heteroatoms. The molecule has 0 spiro atoms. The topological polar surface area (TPSA) is 80.1 Å². The lowest BCUT2D eigenvalue weighted by atomic mass is 10.2. The zero-order valence-electron chi connectivity index (χ0n) is 14.4. The summed E-state index contributed by atoms with van der Waals surface area (Å²) >= 11 is 0. The van der Waals surface area contributed by atoms with Gasteiger partial charge in [-0.2, -0.15) is 0 Å². The van der Waals surface area contributed by atoms with Crippen molar-refractivity contribution >= 4 is 17.9 Å². The molecule has 0 radical (unpaired) electrons. The predicted molar refractivity (Wildman–Crippen MR) is 93.1 cm³/mol. The molecule has 0 fully saturated rings. The SMILES string of the molecule is CC(=O)N/C(=C\c1ccccc1)C(=O)N(C)Cc1nnc2n1CCC2. The Hall–Kier alpha value is -2.96. The van der Waals surface area contributed by atoms with Gasteiger partial charge in [0.15, 0.2) is 5.82 Å². The van der Waals surface area contributed by atoms with Crippen LogP contribution in [0, 0.1) is 0 Å². The number of aryl methyl sites for hydroxylation is 1. The van der Waals surface area contributed by atoms with Gasteiger partial charge in [-0.3, -0.25) is 9.59 Å². The Labute approximate surface area is 146 Å². The zero-order chi connectivity index (χ0) is 17.8. The molecule has 7 nitrogen and oxygen atoms in total. The van der Waals surface area contributed by atoms with Crippen LogP contribution in [0.15, 0.2) is 36.0 Å². The fourth-order valence-electron chi connectivity index (χ4n) is 2.87. The summed E-state index contributed by atoms with van der Waals surface area (Å²) in [7, 11) is 1.69. The summed E-state index contributed by atoms with van der Waals surface area (Å²) in [4.78, 5) is 25.8. The molecule has 130 valence electrons. The second-order valence-corrected chi connectivity index (χ2v) is 6.10. The number of aromatic nitrogens is 3. The number of rotatable bonds is 5. The fourth-order valence-corrected chi connectivity index (χ4v) is 2.87. The van der Waals surface area contributed by atoms with E-state index in [1.54, 1.807) is 18.0 Å². The van der Waals surface area contributed by atoms with Crippen LogP contribution in [0.3, 0.4) is 0 Å². The fraction of sp³-hybridized carbons (Fsp3) is 0.333. The maximum Gasteiger partial charge on any atom is 0.270 e. The van der Waals surface area contributed by atoms with Crippen LogP contribution in [0.4, 0.5) is 0 Å². The van der Waals surface area contributed by atoms with E-state index < -0.39 is 0 Å². The molecule has 3 rings (SSSR count). The van der Waals surface area contributed by atoms with E-state index in [2.05, 4.69) is 20.1 Å². The van der Waals surface area contributed by atoms with E-state index in [9.17, 15) is 9.59 Å². The summed E-state index contributed by atoms with van der Waals surface area (Å²) < 4.78 is 2.06. The van der Waals surface area contributed by atoms with Crippen LogP contribution in [-0.4, -0.2) is 38.5 Å². The lowest BCUT2D eigenvalue weighted by molar-refractivity contribution is -0.128. The van der Waals surface area contributed by atoms with Crippen LogP contribution < -0.4 is 5.32 Å². The number of fused-ring (bicyclic) bond motifs is 1. The minimum atomic E-state index is -0.285. The van der Waals surface area contributed by atoms with E-state index >= 15 is 0 Å². The smallest absolute Gasteiger partial charge is 0.270 e. The molecule has 0 atom stereocenters. The van der Waals surface area contributed by atoms with Gasteiger partial charge in [-0.05, 0) is 18.1 Å². The van der Waals surface area contributed by atoms with Crippen molar-refractivity contribution in [2.45, 2.75) is 32.9 Å². The number of carbonyl (C=O) groups is 2. The maximum absolute atomic E-state index is 12.8. The molecule has 0 aliphatic carbocycles. The molecular weight excluding hydrogens is 318 g/mol. The number of hydrogen-bond acceptors (Lipinski definition) is 4. The first-order chi connectivity index (χ1) is 12.0. The van der Waals surface area contributed by atoms with Gasteiger partial charge >= 0.3 is 0 Å². The van der Waals surface area contributed by atoms with E-state index in [1.807, 2.05) is 30.3 Å². The largest absolute Gasteiger partial charge is 0.333 e. The molecule has 0 unspecified atom stereocenters. The molecule has 1 aliphatic heterocycles. The summed E-state index contributed by atoms with van der Waals surface area (Å²) in [6.45, 7) is 2.62. The lowest BCUT2D eigenvalue weighted by Gasteiger charge is -2.19. The highest BCUT2D eigenvalue weighted by molar-refractivity contribution is 6.00. The van der Waals surface area contributed by atoms with Crippen molar-refractivity contribution in [2.24, 2.45) is 0 Å². The van der Waals surface area contributed by atoms with E-state index in [4.69, 9.17) is 0 Å². The lowest BCUT2D eigenvalue weighted by Crippen LogP contribution is -2.35. The second kappa shape index (κ2) is 7.29. The van der Waals surface area contributed by atoms with Crippen LogP contribution in [-0.2, 0) is 29.1 Å². The molecule has 25 heavy (non-hydrogen) atoms. The summed E-state index contributed by atoms with van der Waals surface area (Å²) in [5.41, 5.74) is 1.08. The number of amides is 2. The third-order valence-electron chi connectivity index (χ3n) is 4.06. The molecule has 1 aliphatic rings. The van der Waals surface area contributed by atoms with Gasteiger partial charge in [0.25, 0.3) is 5.91 Å². The van der Waals surface area contributed by atoms with Crippen molar-refractivity contribution in [3.63, 3.8) is 0 Å². The highest BCUT2D eigenvalue weighted by Crippen LogP contribution is 2.16. The number of likely N-dealkylation sites (N-methyl/N-ethyl adjacent to an activating group) is 1. The van der Waals surface area contributed by atoms with Crippen molar-refractivity contribution < 1.29 is 9.59 Å². The monoisotopic (exact) mass is 339 g/mol. The predicted octanol–water partition coefficient (Wildman–Crippen LogP) is 1.36. The Morgan fingerprint density at radius 2 is 2.04 bits per heavy atom. The number of nitrogens with one attached hydrogen (secondary N) is 1. The Balaban J connectivity index is 1.79. The summed E-state index contributed by atoms with van der Waals surface area (Å²) in [5, 5.41) is 11.0. The van der Waals surface area contributed by atoms with Crippen LogP contribution in [0.1, 0.15) is 30.6 Å². The van der Waals surface area contributed by atoms with Gasteiger partial charge in [0.05, 0.1) is 6.54 Å². The molecule has 0 saturated heterocycles. The van der Waals surface area contributed by atoms with Crippen LogP contribution >= 0.6 is 0 Å². The second-order valence-electron chi connectivity index (χ2n) is 6.10.